The monoisotopic (exact) mass is 261 g/mol. The van der Waals surface area contributed by atoms with E-state index >= 15 is 0 Å². The molecule has 0 saturated heterocycles. The SMILES string of the molecule is CCCCOC(=O)/C=C/c1ccc(NC(C)=O)cc1. The number of ether oxygens (including phenoxy) is 1. The summed E-state index contributed by atoms with van der Waals surface area (Å²) in [5.41, 5.74) is 1.61. The van der Waals surface area contributed by atoms with E-state index in [2.05, 4.69) is 5.32 Å². The number of esters is 1. The Labute approximate surface area is 113 Å². The zero-order valence-corrected chi connectivity index (χ0v) is 11.3. The van der Waals surface area contributed by atoms with Crippen LogP contribution >= 0.6 is 0 Å². The third-order valence-electron chi connectivity index (χ3n) is 2.39. The fraction of sp³-hybridized carbons (Fsp3) is 0.333. The Morgan fingerprint density at radius 2 is 1.95 bits per heavy atom. The van der Waals surface area contributed by atoms with Crippen molar-refractivity contribution in [2.75, 3.05) is 11.9 Å². The number of nitrogens with one attached hydrogen (secondary N) is 1. The first-order chi connectivity index (χ1) is 9.11. The maximum absolute atomic E-state index is 11.3. The lowest BCUT2D eigenvalue weighted by atomic mass is 10.2. The molecule has 102 valence electrons. The Morgan fingerprint density at radius 3 is 2.53 bits per heavy atom. The van der Waals surface area contributed by atoms with Crippen LogP contribution in [0.4, 0.5) is 5.69 Å². The van der Waals surface area contributed by atoms with Crippen LogP contribution in [0.15, 0.2) is 30.3 Å². The van der Waals surface area contributed by atoms with E-state index in [1.54, 1.807) is 18.2 Å². The molecule has 0 fully saturated rings. The van der Waals surface area contributed by atoms with Crippen molar-refractivity contribution in [3.8, 4) is 0 Å². The van der Waals surface area contributed by atoms with E-state index in [0.29, 0.717) is 6.61 Å². The van der Waals surface area contributed by atoms with Crippen molar-refractivity contribution in [1.82, 2.24) is 0 Å². The third-order valence-corrected chi connectivity index (χ3v) is 2.39. The number of carbonyl (C=O) groups excluding carboxylic acids is 2. The Hall–Kier alpha value is -2.10. The van der Waals surface area contributed by atoms with E-state index in [-0.39, 0.29) is 11.9 Å². The average molecular weight is 261 g/mol. The number of hydrogen-bond acceptors (Lipinski definition) is 3. The van der Waals surface area contributed by atoms with Crippen molar-refractivity contribution in [2.24, 2.45) is 0 Å². The van der Waals surface area contributed by atoms with Gasteiger partial charge in [-0.1, -0.05) is 25.5 Å². The molecule has 0 heterocycles. The normalized spacial score (nSPS) is 10.4. The van der Waals surface area contributed by atoms with Crippen molar-refractivity contribution < 1.29 is 14.3 Å². The van der Waals surface area contributed by atoms with Gasteiger partial charge in [0.15, 0.2) is 0 Å². The molecular formula is C15H19NO3. The zero-order valence-electron chi connectivity index (χ0n) is 11.3. The zero-order chi connectivity index (χ0) is 14.1. The molecule has 0 aromatic heterocycles. The molecule has 1 N–H and O–H groups in total. The van der Waals surface area contributed by atoms with Crippen LogP contribution in [0, 0.1) is 0 Å². The van der Waals surface area contributed by atoms with Gasteiger partial charge in [0.05, 0.1) is 6.61 Å². The lowest BCUT2D eigenvalue weighted by Gasteiger charge is -2.02. The van der Waals surface area contributed by atoms with E-state index in [1.807, 2.05) is 19.1 Å². The predicted octanol–water partition coefficient (Wildman–Crippen LogP) is 3.00. The van der Waals surface area contributed by atoms with E-state index < -0.39 is 0 Å². The van der Waals surface area contributed by atoms with Gasteiger partial charge in [-0.05, 0) is 30.2 Å². The lowest BCUT2D eigenvalue weighted by Crippen LogP contribution is -2.05. The van der Waals surface area contributed by atoms with Crippen LogP contribution in [0.1, 0.15) is 32.3 Å². The second kappa shape index (κ2) is 8.08. The Morgan fingerprint density at radius 1 is 1.26 bits per heavy atom. The molecule has 1 aromatic carbocycles. The number of amides is 1. The van der Waals surface area contributed by atoms with Crippen molar-refractivity contribution in [3.63, 3.8) is 0 Å². The van der Waals surface area contributed by atoms with Crippen LogP contribution in [0.2, 0.25) is 0 Å². The van der Waals surface area contributed by atoms with Crippen molar-refractivity contribution in [1.29, 1.82) is 0 Å². The molecule has 4 nitrogen and oxygen atoms in total. The van der Waals surface area contributed by atoms with Crippen molar-refractivity contribution >= 4 is 23.6 Å². The number of hydrogen-bond donors (Lipinski definition) is 1. The smallest absolute Gasteiger partial charge is 0.330 e. The highest BCUT2D eigenvalue weighted by Gasteiger charge is 1.97. The minimum atomic E-state index is -0.334. The van der Waals surface area contributed by atoms with Gasteiger partial charge in [0.25, 0.3) is 0 Å². The molecule has 0 saturated carbocycles. The predicted molar refractivity (Wildman–Crippen MR) is 75.6 cm³/mol. The number of benzene rings is 1. The first-order valence-corrected chi connectivity index (χ1v) is 6.34. The van der Waals surface area contributed by atoms with Gasteiger partial charge in [0, 0.05) is 18.7 Å². The molecule has 0 atom stereocenters. The van der Waals surface area contributed by atoms with Gasteiger partial charge in [-0.25, -0.2) is 4.79 Å². The van der Waals surface area contributed by atoms with Gasteiger partial charge in [0.2, 0.25) is 5.91 Å². The average Bonchev–Trinajstić information content (AvgIpc) is 2.37. The third kappa shape index (κ3) is 6.41. The van der Waals surface area contributed by atoms with Crippen molar-refractivity contribution in [3.05, 3.63) is 35.9 Å². The van der Waals surface area contributed by atoms with Crippen LogP contribution in [0.25, 0.3) is 6.08 Å². The van der Waals surface area contributed by atoms with Gasteiger partial charge < -0.3 is 10.1 Å². The fourth-order valence-corrected chi connectivity index (χ4v) is 1.41. The highest BCUT2D eigenvalue weighted by molar-refractivity contribution is 5.89. The summed E-state index contributed by atoms with van der Waals surface area (Å²) in [6, 6.07) is 7.20. The van der Waals surface area contributed by atoms with E-state index in [1.165, 1.54) is 13.0 Å². The van der Waals surface area contributed by atoms with E-state index in [9.17, 15) is 9.59 Å². The van der Waals surface area contributed by atoms with Gasteiger partial charge in [0.1, 0.15) is 0 Å². The molecule has 1 rings (SSSR count). The number of carbonyl (C=O) groups is 2. The van der Waals surface area contributed by atoms with Crippen LogP contribution in [-0.2, 0) is 14.3 Å². The summed E-state index contributed by atoms with van der Waals surface area (Å²) in [5, 5.41) is 2.68. The molecule has 0 aliphatic carbocycles. The molecule has 0 bridgehead atoms. The second-order valence-corrected chi connectivity index (χ2v) is 4.16. The first kappa shape index (κ1) is 15.0. The summed E-state index contributed by atoms with van der Waals surface area (Å²) < 4.78 is 5.00. The molecule has 0 aliphatic heterocycles. The number of unbranched alkanes of at least 4 members (excludes halogenated alkanes) is 1. The molecule has 19 heavy (non-hydrogen) atoms. The van der Waals surface area contributed by atoms with Crippen molar-refractivity contribution in [2.45, 2.75) is 26.7 Å². The molecule has 0 aliphatic rings. The quantitative estimate of drug-likeness (QED) is 0.486. The molecule has 4 heteroatoms. The molecule has 1 amide bonds. The van der Waals surface area contributed by atoms with Crippen LogP contribution in [0.3, 0.4) is 0 Å². The summed E-state index contributed by atoms with van der Waals surface area (Å²) in [6.07, 6.45) is 4.97. The minimum Gasteiger partial charge on any atom is -0.463 e. The summed E-state index contributed by atoms with van der Waals surface area (Å²) >= 11 is 0. The molecule has 0 spiro atoms. The summed E-state index contributed by atoms with van der Waals surface area (Å²) in [5.74, 6) is -0.442. The molecule has 0 unspecified atom stereocenters. The molecule has 0 radical (unpaired) electrons. The number of anilines is 1. The highest BCUT2D eigenvalue weighted by atomic mass is 16.5. The maximum atomic E-state index is 11.3. The standard InChI is InChI=1S/C15H19NO3/c1-3-4-11-19-15(18)10-7-13-5-8-14(9-6-13)16-12(2)17/h5-10H,3-4,11H2,1-2H3,(H,16,17)/b10-7+. The van der Waals surface area contributed by atoms with E-state index in [0.717, 1.165) is 24.1 Å². The summed E-state index contributed by atoms with van der Waals surface area (Å²) in [6.45, 7) is 3.96. The van der Waals surface area contributed by atoms with E-state index in [4.69, 9.17) is 4.74 Å². The topological polar surface area (TPSA) is 55.4 Å². The summed E-state index contributed by atoms with van der Waals surface area (Å²) in [4.78, 5) is 22.2. The largest absolute Gasteiger partial charge is 0.463 e. The Bertz CT molecular complexity index is 449. The lowest BCUT2D eigenvalue weighted by molar-refractivity contribution is -0.137. The molecular weight excluding hydrogens is 242 g/mol. The van der Waals surface area contributed by atoms with Gasteiger partial charge in [-0.3, -0.25) is 4.79 Å². The molecule has 1 aromatic rings. The van der Waals surface area contributed by atoms with Gasteiger partial charge in [-0.2, -0.15) is 0 Å². The fourth-order valence-electron chi connectivity index (χ4n) is 1.41. The van der Waals surface area contributed by atoms with Crippen LogP contribution in [-0.4, -0.2) is 18.5 Å². The second-order valence-electron chi connectivity index (χ2n) is 4.16. The first-order valence-electron chi connectivity index (χ1n) is 6.34. The van der Waals surface area contributed by atoms with Crippen LogP contribution in [0.5, 0.6) is 0 Å². The highest BCUT2D eigenvalue weighted by Crippen LogP contribution is 2.10. The van der Waals surface area contributed by atoms with Gasteiger partial charge >= 0.3 is 5.97 Å². The minimum absolute atomic E-state index is 0.109. The van der Waals surface area contributed by atoms with Gasteiger partial charge in [-0.15, -0.1) is 0 Å². The summed E-state index contributed by atoms with van der Waals surface area (Å²) in [7, 11) is 0. The maximum Gasteiger partial charge on any atom is 0.330 e. The Kier molecular flexibility index (Phi) is 6.36. The Balaban J connectivity index is 2.48. The number of rotatable bonds is 6. The van der Waals surface area contributed by atoms with Crippen LogP contribution < -0.4 is 5.32 Å².